The van der Waals surface area contributed by atoms with Crippen molar-refractivity contribution in [1.29, 1.82) is 0 Å². The van der Waals surface area contributed by atoms with E-state index in [9.17, 15) is 18.0 Å². The first kappa shape index (κ1) is 22.4. The Morgan fingerprint density at radius 1 is 1.20 bits per heavy atom. The second kappa shape index (κ2) is 9.24. The zero-order chi connectivity index (χ0) is 21.9. The molecule has 3 rings (SSSR count). The van der Waals surface area contributed by atoms with Gasteiger partial charge in [-0.2, -0.15) is 0 Å². The van der Waals surface area contributed by atoms with Crippen molar-refractivity contribution in [2.75, 3.05) is 27.7 Å². The second-order valence-corrected chi connectivity index (χ2v) is 8.31. The molecule has 0 spiro atoms. The van der Waals surface area contributed by atoms with Gasteiger partial charge in [0.05, 0.1) is 6.34 Å². The van der Waals surface area contributed by atoms with Gasteiger partial charge in [0.15, 0.2) is 0 Å². The molecule has 0 aromatic heterocycles. The van der Waals surface area contributed by atoms with Gasteiger partial charge in [0, 0.05) is 32.2 Å². The number of halogens is 3. The molecule has 1 saturated carbocycles. The van der Waals surface area contributed by atoms with Gasteiger partial charge in [-0.25, -0.2) is 0 Å². The van der Waals surface area contributed by atoms with Crippen molar-refractivity contribution >= 4 is 12.2 Å². The van der Waals surface area contributed by atoms with Gasteiger partial charge in [-0.3, -0.25) is 9.79 Å². The number of ether oxygens (including phenoxy) is 1. The van der Waals surface area contributed by atoms with Gasteiger partial charge < -0.3 is 19.4 Å². The summed E-state index contributed by atoms with van der Waals surface area (Å²) in [4.78, 5) is 23.5. The van der Waals surface area contributed by atoms with Gasteiger partial charge in [-0.1, -0.05) is 12.1 Å². The molecule has 1 aliphatic carbocycles. The van der Waals surface area contributed by atoms with Crippen LogP contribution in [0.15, 0.2) is 29.3 Å². The summed E-state index contributed by atoms with van der Waals surface area (Å²) in [6, 6.07) is 5.91. The van der Waals surface area contributed by atoms with Crippen LogP contribution in [-0.2, 0) is 11.3 Å². The fourth-order valence-electron chi connectivity index (χ4n) is 4.21. The molecule has 0 bridgehead atoms. The number of nitrogens with zero attached hydrogens (tertiary/aromatic N) is 4. The molecule has 0 radical (unpaired) electrons. The number of carbonyl (C=O) groups is 1. The minimum atomic E-state index is -4.75. The normalized spacial score (nSPS) is 24.4. The Labute approximate surface area is 175 Å². The largest absolute Gasteiger partial charge is 0.573 e. The highest BCUT2D eigenvalue weighted by atomic mass is 19.4. The summed E-state index contributed by atoms with van der Waals surface area (Å²) >= 11 is 0. The van der Waals surface area contributed by atoms with Gasteiger partial charge in [0.1, 0.15) is 11.8 Å². The van der Waals surface area contributed by atoms with E-state index < -0.39 is 12.4 Å². The number of rotatable bonds is 6. The molecule has 0 N–H and O–H groups in total. The van der Waals surface area contributed by atoms with Crippen molar-refractivity contribution in [2.45, 2.75) is 56.7 Å². The fourth-order valence-corrected chi connectivity index (χ4v) is 4.21. The molecule has 1 amide bonds. The van der Waals surface area contributed by atoms with Gasteiger partial charge in [-0.05, 0) is 57.5 Å². The van der Waals surface area contributed by atoms with E-state index >= 15 is 0 Å². The van der Waals surface area contributed by atoms with E-state index in [0.717, 1.165) is 25.7 Å². The van der Waals surface area contributed by atoms with Crippen LogP contribution in [0.4, 0.5) is 13.2 Å². The van der Waals surface area contributed by atoms with Crippen LogP contribution in [0.5, 0.6) is 5.75 Å². The molecule has 1 fully saturated rings. The SMILES string of the molecule is CN1C=NC(C(=O)N(Cc2cccc(OC(F)(F)F)c2)[C@H]2CC[C@@H](N(C)C)CC2)C1. The molecule has 9 heteroatoms. The molecule has 166 valence electrons. The number of likely N-dealkylation sites (N-methyl/N-ethyl adjacent to an activating group) is 1. The Bertz CT molecular complexity index is 761. The third kappa shape index (κ3) is 5.87. The Morgan fingerprint density at radius 2 is 1.87 bits per heavy atom. The van der Waals surface area contributed by atoms with Crippen molar-refractivity contribution in [3.63, 3.8) is 0 Å². The number of amides is 1. The third-order valence-corrected chi connectivity index (χ3v) is 5.80. The minimum Gasteiger partial charge on any atom is -0.406 e. The first-order valence-corrected chi connectivity index (χ1v) is 10.2. The summed E-state index contributed by atoms with van der Waals surface area (Å²) < 4.78 is 41.8. The lowest BCUT2D eigenvalue weighted by Gasteiger charge is -2.39. The molecule has 6 nitrogen and oxygen atoms in total. The summed E-state index contributed by atoms with van der Waals surface area (Å²) in [7, 11) is 5.98. The molecule has 1 aromatic carbocycles. The lowest BCUT2D eigenvalue weighted by molar-refractivity contribution is -0.274. The number of carbonyl (C=O) groups excluding carboxylic acids is 1. The van der Waals surface area contributed by atoms with Crippen LogP contribution in [-0.4, -0.2) is 79.1 Å². The molecule has 2 aliphatic rings. The monoisotopic (exact) mass is 426 g/mol. The van der Waals surface area contributed by atoms with Crippen LogP contribution >= 0.6 is 0 Å². The first-order chi connectivity index (χ1) is 14.1. The van der Waals surface area contributed by atoms with E-state index in [4.69, 9.17) is 0 Å². The van der Waals surface area contributed by atoms with Crippen molar-refractivity contribution in [2.24, 2.45) is 4.99 Å². The zero-order valence-corrected chi connectivity index (χ0v) is 17.6. The summed E-state index contributed by atoms with van der Waals surface area (Å²) in [5, 5.41) is 0. The van der Waals surface area contributed by atoms with E-state index in [1.807, 2.05) is 11.9 Å². The van der Waals surface area contributed by atoms with Crippen LogP contribution in [0.3, 0.4) is 0 Å². The zero-order valence-electron chi connectivity index (χ0n) is 17.6. The molecule has 0 saturated heterocycles. The molecular formula is C21H29F3N4O2. The molecule has 1 heterocycles. The number of alkyl halides is 3. The van der Waals surface area contributed by atoms with Gasteiger partial charge in [-0.15, -0.1) is 13.2 Å². The topological polar surface area (TPSA) is 48.4 Å². The van der Waals surface area contributed by atoms with Gasteiger partial charge in [0.2, 0.25) is 5.91 Å². The highest BCUT2D eigenvalue weighted by molar-refractivity contribution is 5.85. The molecule has 1 aromatic rings. The second-order valence-electron chi connectivity index (χ2n) is 8.31. The van der Waals surface area contributed by atoms with E-state index in [1.165, 1.54) is 18.2 Å². The predicted molar refractivity (Wildman–Crippen MR) is 108 cm³/mol. The summed E-state index contributed by atoms with van der Waals surface area (Å²) in [6.45, 7) is 0.751. The standard InChI is InChI=1S/C21H29F3N4O2/c1-26(2)16-7-9-17(10-8-16)28(20(29)19-13-27(3)14-25-19)12-15-5-4-6-18(11-15)30-21(22,23)24/h4-6,11,14,16-17,19H,7-10,12-13H2,1-3H3/t16-,17+,19?. The molecular weight excluding hydrogens is 397 g/mol. The van der Waals surface area contributed by atoms with Crippen LogP contribution in [0.1, 0.15) is 31.2 Å². The summed E-state index contributed by atoms with van der Waals surface area (Å²) in [5.41, 5.74) is 0.607. The fraction of sp³-hybridized carbons (Fsp3) is 0.619. The molecule has 30 heavy (non-hydrogen) atoms. The average Bonchev–Trinajstić information content (AvgIpc) is 3.11. The van der Waals surface area contributed by atoms with Gasteiger partial charge in [0.25, 0.3) is 0 Å². The van der Waals surface area contributed by atoms with Crippen LogP contribution in [0.25, 0.3) is 0 Å². The highest BCUT2D eigenvalue weighted by Gasteiger charge is 2.35. The van der Waals surface area contributed by atoms with Crippen molar-refractivity contribution < 1.29 is 22.7 Å². The Balaban J connectivity index is 1.77. The quantitative estimate of drug-likeness (QED) is 0.701. The van der Waals surface area contributed by atoms with Crippen molar-refractivity contribution in [3.05, 3.63) is 29.8 Å². The lowest BCUT2D eigenvalue weighted by Crippen LogP contribution is -2.48. The van der Waals surface area contributed by atoms with E-state index in [1.54, 1.807) is 17.3 Å². The number of benzene rings is 1. The maximum atomic E-state index is 13.3. The van der Waals surface area contributed by atoms with Gasteiger partial charge >= 0.3 is 6.36 Å². The Hall–Kier alpha value is -2.29. The number of hydrogen-bond acceptors (Lipinski definition) is 5. The van der Waals surface area contributed by atoms with Crippen LogP contribution in [0, 0.1) is 0 Å². The van der Waals surface area contributed by atoms with Crippen molar-refractivity contribution in [1.82, 2.24) is 14.7 Å². The molecule has 1 aliphatic heterocycles. The Morgan fingerprint density at radius 3 is 2.43 bits per heavy atom. The predicted octanol–water partition coefficient (Wildman–Crippen LogP) is 3.13. The number of hydrogen-bond donors (Lipinski definition) is 0. The minimum absolute atomic E-state index is 0.0435. The maximum Gasteiger partial charge on any atom is 0.573 e. The number of aliphatic imine (C=N–C) groups is 1. The smallest absolute Gasteiger partial charge is 0.406 e. The average molecular weight is 426 g/mol. The summed E-state index contributed by atoms with van der Waals surface area (Å²) in [5.74, 6) is -0.353. The third-order valence-electron chi connectivity index (χ3n) is 5.80. The molecule has 1 unspecified atom stereocenters. The van der Waals surface area contributed by atoms with E-state index in [2.05, 4.69) is 28.7 Å². The summed E-state index contributed by atoms with van der Waals surface area (Å²) in [6.07, 6.45) is 0.585. The first-order valence-electron chi connectivity index (χ1n) is 10.2. The maximum absolute atomic E-state index is 13.3. The Kier molecular flexibility index (Phi) is 6.90. The van der Waals surface area contributed by atoms with E-state index in [0.29, 0.717) is 18.2 Å². The molecule has 1 atom stereocenters. The van der Waals surface area contributed by atoms with Crippen LogP contribution in [0.2, 0.25) is 0 Å². The van der Waals surface area contributed by atoms with Crippen molar-refractivity contribution in [3.8, 4) is 5.75 Å². The lowest BCUT2D eigenvalue weighted by atomic mass is 9.89. The van der Waals surface area contributed by atoms with Crippen LogP contribution < -0.4 is 4.74 Å². The van der Waals surface area contributed by atoms with E-state index in [-0.39, 0.29) is 24.2 Å². The highest BCUT2D eigenvalue weighted by Crippen LogP contribution is 2.29.